The van der Waals surface area contributed by atoms with Gasteiger partial charge in [-0.25, -0.2) is 9.59 Å². The predicted octanol–water partition coefficient (Wildman–Crippen LogP) is 3.54. The summed E-state index contributed by atoms with van der Waals surface area (Å²) in [5.74, 6) is -2.04. The first-order valence-corrected chi connectivity index (χ1v) is 10.4. The molecule has 0 saturated heterocycles. The Labute approximate surface area is 198 Å². The molecule has 0 bridgehead atoms. The van der Waals surface area contributed by atoms with Crippen molar-refractivity contribution in [1.82, 2.24) is 0 Å². The Hall–Kier alpha value is -4.51. The largest absolute Gasteiger partial charge is 0.489 e. The Morgan fingerprint density at radius 3 is 2.35 bits per heavy atom. The molecule has 34 heavy (non-hydrogen) atoms. The molecule has 1 heterocycles. The van der Waals surface area contributed by atoms with Gasteiger partial charge in [-0.15, -0.1) is 0 Å². The van der Waals surface area contributed by atoms with E-state index in [1.54, 1.807) is 54.6 Å². The number of carbonyl (C=O) groups excluding carboxylic acids is 2. The number of nitrogens with two attached hydrogens (primary N) is 1. The number of methoxy groups -OCH3 is 2. The summed E-state index contributed by atoms with van der Waals surface area (Å²) >= 11 is 0. The molecule has 0 aliphatic carbocycles. The van der Waals surface area contributed by atoms with Crippen LogP contribution in [0, 0.1) is 11.3 Å². The van der Waals surface area contributed by atoms with Gasteiger partial charge >= 0.3 is 11.9 Å². The topological polar surface area (TPSA) is 115 Å². The van der Waals surface area contributed by atoms with Crippen LogP contribution in [-0.2, 0) is 19.1 Å². The SMILES string of the molecule is C=C(C)COc1cccc(N2C(N)=C(C#N)C(c3ccccc3)C(C(=O)OC)=C2C(=O)OC)c1. The highest BCUT2D eigenvalue weighted by Crippen LogP contribution is 2.43. The van der Waals surface area contributed by atoms with E-state index in [2.05, 4.69) is 12.6 Å². The number of nitriles is 1. The Bertz CT molecular complexity index is 1220. The minimum Gasteiger partial charge on any atom is -0.489 e. The molecule has 0 amide bonds. The maximum absolute atomic E-state index is 13.1. The van der Waals surface area contributed by atoms with Gasteiger partial charge in [-0.1, -0.05) is 43.0 Å². The van der Waals surface area contributed by atoms with Gasteiger partial charge in [-0.05, 0) is 30.2 Å². The molecule has 2 N–H and O–H groups in total. The summed E-state index contributed by atoms with van der Waals surface area (Å²) in [6, 6.07) is 17.7. The van der Waals surface area contributed by atoms with Crippen molar-refractivity contribution >= 4 is 17.6 Å². The first-order valence-electron chi connectivity index (χ1n) is 10.4. The molecule has 0 spiro atoms. The van der Waals surface area contributed by atoms with Gasteiger partial charge in [0.2, 0.25) is 0 Å². The lowest BCUT2D eigenvalue weighted by Crippen LogP contribution is -2.40. The number of nitrogens with zero attached hydrogens (tertiary/aromatic N) is 2. The quantitative estimate of drug-likeness (QED) is 0.494. The van der Waals surface area contributed by atoms with Crippen LogP contribution in [0.15, 0.2) is 89.4 Å². The molecule has 1 aliphatic heterocycles. The summed E-state index contributed by atoms with van der Waals surface area (Å²) in [5, 5.41) is 10.1. The van der Waals surface area contributed by atoms with Gasteiger partial charge in [0.1, 0.15) is 23.9 Å². The van der Waals surface area contributed by atoms with Crippen LogP contribution in [-0.4, -0.2) is 32.8 Å². The first kappa shape index (κ1) is 24.1. The summed E-state index contributed by atoms with van der Waals surface area (Å²) < 4.78 is 15.8. The second-order valence-corrected chi connectivity index (χ2v) is 7.58. The average molecular weight is 460 g/mol. The van der Waals surface area contributed by atoms with Crippen molar-refractivity contribution in [1.29, 1.82) is 5.26 Å². The fourth-order valence-corrected chi connectivity index (χ4v) is 3.70. The Balaban J connectivity index is 2.31. The molecule has 0 fully saturated rings. The van der Waals surface area contributed by atoms with E-state index in [9.17, 15) is 14.9 Å². The summed E-state index contributed by atoms with van der Waals surface area (Å²) in [6.07, 6.45) is 0. The predicted molar refractivity (Wildman–Crippen MR) is 126 cm³/mol. The van der Waals surface area contributed by atoms with Crippen LogP contribution in [0.3, 0.4) is 0 Å². The van der Waals surface area contributed by atoms with E-state index in [0.717, 1.165) is 5.57 Å². The van der Waals surface area contributed by atoms with Crippen molar-refractivity contribution in [2.45, 2.75) is 12.8 Å². The molecule has 8 heteroatoms. The van der Waals surface area contributed by atoms with E-state index in [4.69, 9.17) is 19.9 Å². The zero-order valence-electron chi connectivity index (χ0n) is 19.2. The number of rotatable bonds is 7. The summed E-state index contributed by atoms with van der Waals surface area (Å²) in [5.41, 5.74) is 8.20. The summed E-state index contributed by atoms with van der Waals surface area (Å²) in [6.45, 7) is 5.94. The molecule has 0 aromatic heterocycles. The average Bonchev–Trinajstić information content (AvgIpc) is 2.86. The number of hydrogen-bond donors (Lipinski definition) is 1. The molecule has 0 radical (unpaired) electrons. The lowest BCUT2D eigenvalue weighted by atomic mass is 9.81. The molecule has 0 saturated carbocycles. The monoisotopic (exact) mass is 459 g/mol. The number of esters is 2. The number of allylic oxidation sites excluding steroid dienone is 1. The second-order valence-electron chi connectivity index (χ2n) is 7.58. The van der Waals surface area contributed by atoms with Crippen LogP contribution >= 0.6 is 0 Å². The maximum atomic E-state index is 13.1. The Kier molecular flexibility index (Phi) is 7.39. The lowest BCUT2D eigenvalue weighted by molar-refractivity contribution is -0.139. The van der Waals surface area contributed by atoms with Gasteiger partial charge in [0.25, 0.3) is 0 Å². The molecule has 1 aliphatic rings. The number of carbonyl (C=O) groups is 2. The number of benzene rings is 2. The van der Waals surface area contributed by atoms with Crippen LogP contribution < -0.4 is 15.4 Å². The fraction of sp³-hybridized carbons (Fsp3) is 0.192. The van der Waals surface area contributed by atoms with Crippen molar-refractivity contribution < 1.29 is 23.8 Å². The van der Waals surface area contributed by atoms with E-state index >= 15 is 0 Å². The van der Waals surface area contributed by atoms with Crippen molar-refractivity contribution in [3.8, 4) is 11.8 Å². The molecule has 2 aromatic rings. The first-order chi connectivity index (χ1) is 16.3. The van der Waals surface area contributed by atoms with Crippen LogP contribution in [0.25, 0.3) is 0 Å². The standard InChI is InChI=1S/C26H25N3O5/c1-16(2)15-34-19-12-8-11-18(13-19)29-23(26(31)33-4)22(25(30)32-3)21(20(14-27)24(29)28)17-9-6-5-7-10-17/h5-13,21H,1,15,28H2,2-4H3. The third-order valence-corrected chi connectivity index (χ3v) is 5.17. The Morgan fingerprint density at radius 1 is 1.09 bits per heavy atom. The van der Waals surface area contributed by atoms with Gasteiger partial charge in [-0.3, -0.25) is 4.90 Å². The van der Waals surface area contributed by atoms with Crippen molar-refractivity contribution in [3.05, 3.63) is 95.0 Å². The number of hydrogen-bond acceptors (Lipinski definition) is 8. The van der Waals surface area contributed by atoms with Gasteiger partial charge < -0.3 is 19.9 Å². The fourth-order valence-electron chi connectivity index (χ4n) is 3.70. The number of ether oxygens (including phenoxy) is 3. The maximum Gasteiger partial charge on any atom is 0.355 e. The van der Waals surface area contributed by atoms with E-state index in [1.165, 1.54) is 19.1 Å². The van der Waals surface area contributed by atoms with E-state index in [-0.39, 0.29) is 22.7 Å². The van der Waals surface area contributed by atoms with Gasteiger partial charge in [0.05, 0.1) is 43.0 Å². The summed E-state index contributed by atoms with van der Waals surface area (Å²) in [4.78, 5) is 27.4. The third-order valence-electron chi connectivity index (χ3n) is 5.17. The highest BCUT2D eigenvalue weighted by Gasteiger charge is 2.43. The molecule has 2 aromatic carbocycles. The zero-order valence-corrected chi connectivity index (χ0v) is 19.2. The highest BCUT2D eigenvalue weighted by molar-refractivity contribution is 6.06. The number of anilines is 1. The van der Waals surface area contributed by atoms with Gasteiger partial charge in [0, 0.05) is 6.07 Å². The second kappa shape index (κ2) is 10.4. The smallest absolute Gasteiger partial charge is 0.355 e. The minimum absolute atomic E-state index is 0.0125. The molecule has 3 rings (SSSR count). The molecule has 174 valence electrons. The molecule has 8 nitrogen and oxygen atoms in total. The molecule has 1 unspecified atom stereocenters. The highest BCUT2D eigenvalue weighted by atomic mass is 16.5. The van der Waals surface area contributed by atoms with E-state index in [1.807, 2.05) is 6.92 Å². The minimum atomic E-state index is -0.924. The molecular formula is C26H25N3O5. The third kappa shape index (κ3) is 4.64. The van der Waals surface area contributed by atoms with Crippen LogP contribution in [0.1, 0.15) is 18.4 Å². The lowest BCUT2D eigenvalue weighted by Gasteiger charge is -2.36. The van der Waals surface area contributed by atoms with Crippen molar-refractivity contribution in [2.75, 3.05) is 25.7 Å². The van der Waals surface area contributed by atoms with Gasteiger partial charge in [-0.2, -0.15) is 5.26 Å². The Morgan fingerprint density at radius 2 is 1.76 bits per heavy atom. The zero-order chi connectivity index (χ0) is 24.8. The van der Waals surface area contributed by atoms with Gasteiger partial charge in [0.15, 0.2) is 0 Å². The van der Waals surface area contributed by atoms with Crippen LogP contribution in [0.2, 0.25) is 0 Å². The summed E-state index contributed by atoms with van der Waals surface area (Å²) in [7, 11) is 2.41. The van der Waals surface area contributed by atoms with E-state index in [0.29, 0.717) is 23.6 Å². The van der Waals surface area contributed by atoms with Crippen molar-refractivity contribution in [2.24, 2.45) is 5.73 Å². The molecular weight excluding hydrogens is 434 g/mol. The molecule has 1 atom stereocenters. The van der Waals surface area contributed by atoms with Crippen LogP contribution in [0.4, 0.5) is 5.69 Å². The van der Waals surface area contributed by atoms with E-state index < -0.39 is 17.9 Å². The van der Waals surface area contributed by atoms with Crippen LogP contribution in [0.5, 0.6) is 5.75 Å². The normalized spacial score (nSPS) is 15.5. The van der Waals surface area contributed by atoms with Crippen molar-refractivity contribution in [3.63, 3.8) is 0 Å².